The number of nitrogens with zero attached hydrogens (tertiary/aromatic N) is 1. The Kier molecular flexibility index (Phi) is 4.55. The summed E-state index contributed by atoms with van der Waals surface area (Å²) in [6.45, 7) is 5.33. The zero-order valence-electron chi connectivity index (χ0n) is 10.7. The SMILES string of the molecule is CC1CN(CCOc2ccc(F)cc2)CCC1O. The van der Waals surface area contributed by atoms with Crippen LogP contribution in [0.5, 0.6) is 5.75 Å². The first-order chi connectivity index (χ1) is 8.65. The summed E-state index contributed by atoms with van der Waals surface area (Å²) in [5.74, 6) is 0.771. The van der Waals surface area contributed by atoms with E-state index in [-0.39, 0.29) is 11.9 Å². The number of benzene rings is 1. The zero-order valence-corrected chi connectivity index (χ0v) is 10.7. The summed E-state index contributed by atoms with van der Waals surface area (Å²) >= 11 is 0. The highest BCUT2D eigenvalue weighted by Gasteiger charge is 2.23. The zero-order chi connectivity index (χ0) is 13.0. The average Bonchev–Trinajstić information content (AvgIpc) is 2.36. The van der Waals surface area contributed by atoms with Crippen molar-refractivity contribution < 1.29 is 14.2 Å². The molecule has 1 heterocycles. The van der Waals surface area contributed by atoms with Gasteiger partial charge in [0.05, 0.1) is 6.10 Å². The first-order valence-corrected chi connectivity index (χ1v) is 6.44. The molecule has 18 heavy (non-hydrogen) atoms. The van der Waals surface area contributed by atoms with E-state index in [1.54, 1.807) is 12.1 Å². The first kappa shape index (κ1) is 13.3. The van der Waals surface area contributed by atoms with Gasteiger partial charge < -0.3 is 9.84 Å². The molecule has 100 valence electrons. The molecule has 1 aliphatic rings. The fraction of sp³-hybridized carbons (Fsp3) is 0.571. The summed E-state index contributed by atoms with van der Waals surface area (Å²) in [5, 5.41) is 9.63. The summed E-state index contributed by atoms with van der Waals surface area (Å²) in [6, 6.07) is 6.07. The van der Waals surface area contributed by atoms with Crippen LogP contribution in [0.4, 0.5) is 4.39 Å². The molecule has 2 rings (SSSR count). The maximum absolute atomic E-state index is 12.7. The van der Waals surface area contributed by atoms with Crippen molar-refractivity contribution in [3.63, 3.8) is 0 Å². The summed E-state index contributed by atoms with van der Waals surface area (Å²) in [6.07, 6.45) is 0.664. The van der Waals surface area contributed by atoms with Crippen molar-refractivity contribution in [3.05, 3.63) is 30.1 Å². The Morgan fingerprint density at radius 2 is 2.11 bits per heavy atom. The molecule has 3 nitrogen and oxygen atoms in total. The van der Waals surface area contributed by atoms with Crippen LogP contribution >= 0.6 is 0 Å². The smallest absolute Gasteiger partial charge is 0.123 e. The summed E-state index contributed by atoms with van der Waals surface area (Å²) in [7, 11) is 0. The topological polar surface area (TPSA) is 32.7 Å². The third kappa shape index (κ3) is 3.68. The van der Waals surface area contributed by atoms with E-state index in [0.29, 0.717) is 18.3 Å². The van der Waals surface area contributed by atoms with E-state index in [4.69, 9.17) is 4.74 Å². The molecule has 0 amide bonds. The second kappa shape index (κ2) is 6.16. The molecule has 1 aliphatic heterocycles. The van der Waals surface area contributed by atoms with Crippen LogP contribution in [0.15, 0.2) is 24.3 Å². The lowest BCUT2D eigenvalue weighted by molar-refractivity contribution is 0.0304. The predicted octanol–water partition coefficient (Wildman–Crippen LogP) is 1.91. The number of hydrogen-bond acceptors (Lipinski definition) is 3. The minimum atomic E-state index is -0.249. The van der Waals surface area contributed by atoms with Crippen molar-refractivity contribution >= 4 is 0 Å². The van der Waals surface area contributed by atoms with Gasteiger partial charge in [-0.15, -0.1) is 0 Å². The highest BCUT2D eigenvalue weighted by Crippen LogP contribution is 2.16. The fourth-order valence-electron chi connectivity index (χ4n) is 2.25. The molecular weight excluding hydrogens is 233 g/mol. The molecule has 0 bridgehead atoms. The number of aliphatic hydroxyl groups excluding tert-OH is 1. The largest absolute Gasteiger partial charge is 0.492 e. The van der Waals surface area contributed by atoms with E-state index < -0.39 is 0 Å². The third-order valence-corrected chi connectivity index (χ3v) is 3.43. The lowest BCUT2D eigenvalue weighted by Gasteiger charge is -2.34. The standard InChI is InChI=1S/C14H20FNO2/c1-11-10-16(7-6-14(11)17)8-9-18-13-4-2-12(15)3-5-13/h2-5,11,14,17H,6-10H2,1H3. The van der Waals surface area contributed by atoms with E-state index in [1.807, 2.05) is 0 Å². The highest BCUT2D eigenvalue weighted by atomic mass is 19.1. The van der Waals surface area contributed by atoms with Gasteiger partial charge in [0, 0.05) is 19.6 Å². The van der Waals surface area contributed by atoms with Crippen LogP contribution in [-0.4, -0.2) is 42.4 Å². The predicted molar refractivity (Wildman–Crippen MR) is 68.1 cm³/mol. The number of hydrogen-bond donors (Lipinski definition) is 1. The van der Waals surface area contributed by atoms with E-state index >= 15 is 0 Å². The molecule has 1 N–H and O–H groups in total. The van der Waals surface area contributed by atoms with Crippen LogP contribution in [0, 0.1) is 11.7 Å². The van der Waals surface area contributed by atoms with Crippen molar-refractivity contribution in [1.82, 2.24) is 4.90 Å². The van der Waals surface area contributed by atoms with Crippen LogP contribution in [-0.2, 0) is 0 Å². The Morgan fingerprint density at radius 3 is 2.78 bits per heavy atom. The van der Waals surface area contributed by atoms with E-state index in [9.17, 15) is 9.50 Å². The number of rotatable bonds is 4. The van der Waals surface area contributed by atoms with Crippen LogP contribution in [0.3, 0.4) is 0 Å². The number of aliphatic hydroxyl groups is 1. The number of piperidine rings is 1. The van der Waals surface area contributed by atoms with Gasteiger partial charge in [0.15, 0.2) is 0 Å². The Bertz CT molecular complexity index is 369. The second-order valence-corrected chi connectivity index (χ2v) is 4.94. The summed E-state index contributed by atoms with van der Waals surface area (Å²) in [5.41, 5.74) is 0. The monoisotopic (exact) mass is 253 g/mol. The van der Waals surface area contributed by atoms with Crippen molar-refractivity contribution in [2.24, 2.45) is 5.92 Å². The molecular formula is C14H20FNO2. The molecule has 1 saturated heterocycles. The van der Waals surface area contributed by atoms with Crippen molar-refractivity contribution in [3.8, 4) is 5.75 Å². The van der Waals surface area contributed by atoms with Crippen molar-refractivity contribution in [2.75, 3.05) is 26.2 Å². The number of likely N-dealkylation sites (tertiary alicyclic amines) is 1. The quantitative estimate of drug-likeness (QED) is 0.889. The van der Waals surface area contributed by atoms with E-state index in [0.717, 1.165) is 26.1 Å². The van der Waals surface area contributed by atoms with Gasteiger partial charge in [-0.2, -0.15) is 0 Å². The minimum Gasteiger partial charge on any atom is -0.492 e. The van der Waals surface area contributed by atoms with E-state index in [2.05, 4.69) is 11.8 Å². The molecule has 1 fully saturated rings. The van der Waals surface area contributed by atoms with Gasteiger partial charge in [-0.05, 0) is 36.6 Å². The maximum Gasteiger partial charge on any atom is 0.123 e. The number of halogens is 1. The molecule has 2 atom stereocenters. The highest BCUT2D eigenvalue weighted by molar-refractivity contribution is 5.21. The molecule has 0 radical (unpaired) electrons. The van der Waals surface area contributed by atoms with Crippen LogP contribution in [0.25, 0.3) is 0 Å². The van der Waals surface area contributed by atoms with Crippen molar-refractivity contribution in [1.29, 1.82) is 0 Å². The molecule has 1 aromatic carbocycles. The first-order valence-electron chi connectivity index (χ1n) is 6.44. The second-order valence-electron chi connectivity index (χ2n) is 4.94. The Labute approximate surface area is 107 Å². The van der Waals surface area contributed by atoms with Gasteiger partial charge in [-0.1, -0.05) is 6.92 Å². The minimum absolute atomic E-state index is 0.167. The van der Waals surface area contributed by atoms with Crippen molar-refractivity contribution in [2.45, 2.75) is 19.4 Å². The van der Waals surface area contributed by atoms with Gasteiger partial charge in [-0.25, -0.2) is 4.39 Å². The normalized spacial score (nSPS) is 25.1. The molecule has 2 unspecified atom stereocenters. The molecule has 0 aliphatic carbocycles. The average molecular weight is 253 g/mol. The van der Waals surface area contributed by atoms with Crippen LogP contribution in [0.1, 0.15) is 13.3 Å². The molecule has 0 spiro atoms. The molecule has 0 saturated carbocycles. The van der Waals surface area contributed by atoms with Gasteiger partial charge in [0.25, 0.3) is 0 Å². The van der Waals surface area contributed by atoms with Gasteiger partial charge in [-0.3, -0.25) is 4.90 Å². The van der Waals surface area contributed by atoms with Gasteiger partial charge >= 0.3 is 0 Å². The number of ether oxygens (including phenoxy) is 1. The van der Waals surface area contributed by atoms with Gasteiger partial charge in [0.2, 0.25) is 0 Å². The lowest BCUT2D eigenvalue weighted by Crippen LogP contribution is -2.43. The summed E-state index contributed by atoms with van der Waals surface area (Å²) in [4.78, 5) is 2.29. The Morgan fingerprint density at radius 1 is 1.39 bits per heavy atom. The van der Waals surface area contributed by atoms with Gasteiger partial charge in [0.1, 0.15) is 18.2 Å². The van der Waals surface area contributed by atoms with Crippen LogP contribution in [0.2, 0.25) is 0 Å². The molecule has 0 aromatic heterocycles. The molecule has 1 aromatic rings. The lowest BCUT2D eigenvalue weighted by atomic mass is 9.97. The van der Waals surface area contributed by atoms with Crippen LogP contribution < -0.4 is 4.74 Å². The Balaban J connectivity index is 1.71. The molecule has 4 heteroatoms. The summed E-state index contributed by atoms with van der Waals surface area (Å²) < 4.78 is 18.2. The maximum atomic E-state index is 12.7. The van der Waals surface area contributed by atoms with E-state index in [1.165, 1.54) is 12.1 Å². The fourth-order valence-corrected chi connectivity index (χ4v) is 2.25. The Hall–Kier alpha value is -1.13. The third-order valence-electron chi connectivity index (χ3n) is 3.43.